The largest absolute Gasteiger partial charge is 0.319 e. The van der Waals surface area contributed by atoms with Gasteiger partial charge in [0.2, 0.25) is 0 Å². The summed E-state index contributed by atoms with van der Waals surface area (Å²) in [6.07, 6.45) is 0. The Bertz CT molecular complexity index is 101. The Kier molecular flexibility index (Phi) is 15.5. The maximum atomic E-state index is 10.4. The van der Waals surface area contributed by atoms with Crippen molar-refractivity contribution in [2.45, 2.75) is 18.1 Å². The molecule has 12 heavy (non-hydrogen) atoms. The highest BCUT2D eigenvalue weighted by Crippen LogP contribution is 2.21. The molecule has 0 aliphatic carbocycles. The van der Waals surface area contributed by atoms with Crippen LogP contribution in [-0.2, 0) is 13.6 Å². The highest BCUT2D eigenvalue weighted by Gasteiger charge is 1.91. The zero-order chi connectivity index (χ0) is 9.98. The van der Waals surface area contributed by atoms with Crippen LogP contribution in [0.15, 0.2) is 0 Å². The second-order valence-corrected chi connectivity index (χ2v) is 4.42. The Labute approximate surface area is 88.2 Å². The van der Waals surface area contributed by atoms with E-state index in [0.29, 0.717) is 13.2 Å². The van der Waals surface area contributed by atoms with Crippen LogP contribution in [0.5, 0.6) is 0 Å². The van der Waals surface area contributed by atoms with Gasteiger partial charge in [-0.05, 0) is 13.8 Å². The molecule has 0 atom stereocenters. The molecule has 0 aliphatic heterocycles. The lowest BCUT2D eigenvalue weighted by Gasteiger charge is -1.97. The van der Waals surface area contributed by atoms with E-state index in [0.717, 1.165) is 0 Å². The van der Waals surface area contributed by atoms with Gasteiger partial charge in [0, 0.05) is 0 Å². The number of hydrogen-bond donors (Lipinski definition) is 0. The fourth-order valence-electron chi connectivity index (χ4n) is 0.277. The summed E-state index contributed by atoms with van der Waals surface area (Å²) in [6, 6.07) is 0. The monoisotopic (exact) mass is 256 g/mol. The maximum Gasteiger partial charge on any atom is 0.319 e. The van der Waals surface area contributed by atoms with Gasteiger partial charge in [0.1, 0.15) is 0 Å². The zero-order valence-corrected chi connectivity index (χ0v) is 10.1. The van der Waals surface area contributed by atoms with Crippen molar-refractivity contribution in [1.29, 1.82) is 0 Å². The highest BCUT2D eigenvalue weighted by atomic mass is 35.6. The van der Waals surface area contributed by atoms with Gasteiger partial charge in [-0.3, -0.25) is 4.57 Å². The second kappa shape index (κ2) is 12.0. The molecule has 7 heteroatoms. The molecule has 0 saturated heterocycles. The van der Waals surface area contributed by atoms with Crippen LogP contribution in [0.25, 0.3) is 0 Å². The molecule has 0 bridgehead atoms. The third-order valence-corrected chi connectivity index (χ3v) is 1.57. The Morgan fingerprint density at radius 1 is 1.17 bits per heavy atom. The Morgan fingerprint density at radius 2 is 1.42 bits per heavy atom. The van der Waals surface area contributed by atoms with Crippen molar-refractivity contribution in [3.8, 4) is 0 Å². The van der Waals surface area contributed by atoms with Gasteiger partial charge in [-0.15, -0.1) is 0 Å². The van der Waals surface area contributed by atoms with E-state index in [-0.39, 0.29) is 0 Å². The second-order valence-electron chi connectivity index (χ2n) is 1.36. The lowest BCUT2D eigenvalue weighted by Crippen LogP contribution is -1.81. The molecule has 0 radical (unpaired) electrons. The molecule has 0 spiro atoms. The number of alkyl halides is 3. The molecule has 76 valence electrons. The Hall–Kier alpha value is 1.02. The average Bonchev–Trinajstić information content (AvgIpc) is 1.87. The van der Waals surface area contributed by atoms with Gasteiger partial charge in [0.25, 0.3) is 0 Å². The van der Waals surface area contributed by atoms with E-state index < -0.39 is 12.6 Å². The number of hydrogen-bond acceptors (Lipinski definition) is 3. The summed E-state index contributed by atoms with van der Waals surface area (Å²) in [6.45, 7) is 4.47. The predicted octanol–water partition coefficient (Wildman–Crippen LogP) is 3.44. The van der Waals surface area contributed by atoms with E-state index in [1.54, 1.807) is 13.8 Å². The molecule has 0 fully saturated rings. The molecule has 0 rings (SSSR count). The molecule has 0 N–H and O–H groups in total. The van der Waals surface area contributed by atoms with Crippen molar-refractivity contribution in [3.05, 3.63) is 0 Å². The van der Waals surface area contributed by atoms with Crippen molar-refractivity contribution in [3.63, 3.8) is 0 Å². The standard InChI is InChI=1S/C4H11O3P.CHCl3/c1-3-6-8(5)7-4-2;2-1(3)4/h8H,3-4H2,1-2H3;1H. The van der Waals surface area contributed by atoms with Crippen LogP contribution >= 0.6 is 43.1 Å². The van der Waals surface area contributed by atoms with E-state index in [2.05, 4.69) is 9.05 Å². The van der Waals surface area contributed by atoms with Crippen LogP contribution in [0.2, 0.25) is 0 Å². The molecule has 0 aromatic rings. The molecule has 0 aliphatic rings. The SMILES string of the molecule is CCO[PH](=O)OCC.ClC(Cl)Cl. The summed E-state index contributed by atoms with van der Waals surface area (Å²) in [4.78, 5) is 0. The third-order valence-electron chi connectivity index (χ3n) is 0.524. The first-order valence-corrected chi connectivity index (χ1v) is 5.79. The summed E-state index contributed by atoms with van der Waals surface area (Å²) < 4.78 is 18.8. The summed E-state index contributed by atoms with van der Waals surface area (Å²) in [5.74, 6) is 0. The summed E-state index contributed by atoms with van der Waals surface area (Å²) >= 11 is 14.4. The van der Waals surface area contributed by atoms with Crippen molar-refractivity contribution in [2.24, 2.45) is 0 Å². The van der Waals surface area contributed by atoms with Crippen LogP contribution in [0.4, 0.5) is 0 Å². The highest BCUT2D eigenvalue weighted by molar-refractivity contribution is 7.33. The van der Waals surface area contributed by atoms with Gasteiger partial charge >= 0.3 is 8.25 Å². The molecule has 0 amide bonds. The van der Waals surface area contributed by atoms with E-state index >= 15 is 0 Å². The van der Waals surface area contributed by atoms with Gasteiger partial charge in [0.05, 0.1) is 13.2 Å². The predicted molar refractivity (Wildman–Crippen MR) is 53.6 cm³/mol. The number of halogens is 3. The van der Waals surface area contributed by atoms with E-state index in [9.17, 15) is 4.57 Å². The van der Waals surface area contributed by atoms with Gasteiger partial charge in [0.15, 0.2) is 4.30 Å². The van der Waals surface area contributed by atoms with Gasteiger partial charge in [-0.1, -0.05) is 34.8 Å². The first kappa shape index (κ1) is 15.5. The van der Waals surface area contributed by atoms with Gasteiger partial charge in [-0.25, -0.2) is 0 Å². The molecular formula is C5H12Cl3O3P. The Morgan fingerprint density at radius 3 is 1.58 bits per heavy atom. The molecule has 0 heterocycles. The minimum Gasteiger partial charge on any atom is -0.311 e. The molecule has 3 nitrogen and oxygen atoms in total. The first-order chi connectivity index (χ1) is 5.54. The van der Waals surface area contributed by atoms with Crippen molar-refractivity contribution >= 4 is 43.1 Å². The summed E-state index contributed by atoms with van der Waals surface area (Å²) in [7, 11) is -2.14. The van der Waals surface area contributed by atoms with E-state index in [1.165, 1.54) is 0 Å². The normalized spacial score (nSPS) is 9.92. The maximum absolute atomic E-state index is 10.4. The molecule has 0 saturated carbocycles. The van der Waals surface area contributed by atoms with Crippen LogP contribution < -0.4 is 0 Å². The molecule has 0 unspecified atom stereocenters. The molecule has 0 aromatic heterocycles. The van der Waals surface area contributed by atoms with Crippen molar-refractivity contribution in [2.75, 3.05) is 13.2 Å². The minimum absolute atomic E-state index is 0.456. The van der Waals surface area contributed by atoms with Crippen molar-refractivity contribution in [1.82, 2.24) is 0 Å². The fourth-order valence-corrected chi connectivity index (χ4v) is 0.832. The Balaban J connectivity index is 0. The smallest absolute Gasteiger partial charge is 0.311 e. The first-order valence-electron chi connectivity index (χ1n) is 3.26. The van der Waals surface area contributed by atoms with Gasteiger partial charge < -0.3 is 9.05 Å². The van der Waals surface area contributed by atoms with E-state index in [1.807, 2.05) is 0 Å². The molecule has 0 aromatic carbocycles. The lowest BCUT2D eigenvalue weighted by atomic mass is 10.9. The quantitative estimate of drug-likeness (QED) is 0.572. The summed E-state index contributed by atoms with van der Waals surface area (Å²) in [5, 5.41) is 0. The third kappa shape index (κ3) is 22.5. The van der Waals surface area contributed by atoms with Crippen LogP contribution in [-0.4, -0.2) is 17.5 Å². The number of rotatable bonds is 4. The van der Waals surface area contributed by atoms with Gasteiger partial charge in [-0.2, -0.15) is 0 Å². The molecular weight excluding hydrogens is 245 g/mol. The van der Waals surface area contributed by atoms with Crippen LogP contribution in [0, 0.1) is 0 Å². The minimum atomic E-state index is -2.14. The summed E-state index contributed by atoms with van der Waals surface area (Å²) in [5.41, 5.74) is 0. The van der Waals surface area contributed by atoms with E-state index in [4.69, 9.17) is 34.8 Å². The van der Waals surface area contributed by atoms with Crippen LogP contribution in [0.3, 0.4) is 0 Å². The zero-order valence-electron chi connectivity index (χ0n) is 6.85. The fraction of sp³-hybridized carbons (Fsp3) is 1.00. The average molecular weight is 257 g/mol. The lowest BCUT2D eigenvalue weighted by molar-refractivity contribution is 0.243. The van der Waals surface area contributed by atoms with Crippen molar-refractivity contribution < 1.29 is 13.6 Å². The topological polar surface area (TPSA) is 35.5 Å². The van der Waals surface area contributed by atoms with Crippen LogP contribution in [0.1, 0.15) is 13.8 Å².